The predicted octanol–water partition coefficient (Wildman–Crippen LogP) is 2.21. The summed E-state index contributed by atoms with van der Waals surface area (Å²) in [7, 11) is 0. The number of carbonyl (C=O) groups is 1. The summed E-state index contributed by atoms with van der Waals surface area (Å²) in [5, 5.41) is 13.8. The Balaban J connectivity index is 1.69. The number of anilines is 1. The summed E-state index contributed by atoms with van der Waals surface area (Å²) in [5.41, 5.74) is 1.53. The van der Waals surface area contributed by atoms with Crippen molar-refractivity contribution in [2.75, 3.05) is 11.9 Å². The van der Waals surface area contributed by atoms with Gasteiger partial charge in [0.1, 0.15) is 0 Å². The van der Waals surface area contributed by atoms with Crippen LogP contribution in [0.25, 0.3) is 11.5 Å². The molecule has 1 aliphatic rings. The Morgan fingerprint density at radius 3 is 3.14 bits per heavy atom. The van der Waals surface area contributed by atoms with Crippen molar-refractivity contribution in [3.05, 3.63) is 30.7 Å². The zero-order valence-electron chi connectivity index (χ0n) is 11.7. The third-order valence-corrected chi connectivity index (χ3v) is 3.61. The van der Waals surface area contributed by atoms with E-state index >= 15 is 0 Å². The Hall–Kier alpha value is -2.21. The van der Waals surface area contributed by atoms with Gasteiger partial charge in [0.2, 0.25) is 18.2 Å². The molecule has 0 saturated carbocycles. The molecule has 1 saturated heterocycles. The first kappa shape index (κ1) is 13.8. The number of hydrogen-bond acceptors (Lipinski definition) is 5. The maximum absolute atomic E-state index is 12.3. The maximum Gasteiger partial charge on any atom is 0.247 e. The summed E-state index contributed by atoms with van der Waals surface area (Å²) < 4.78 is 5.17. The SMILES string of the molecule is O=C(Nc1cccc(-c2nnco2)c1)C1CCCCCN1. The Bertz CT molecular complexity index is 589. The van der Waals surface area contributed by atoms with Crippen LogP contribution in [0.2, 0.25) is 0 Å². The number of carbonyl (C=O) groups excluding carboxylic acids is 1. The highest BCUT2D eigenvalue weighted by Gasteiger charge is 2.19. The Morgan fingerprint density at radius 1 is 1.33 bits per heavy atom. The van der Waals surface area contributed by atoms with E-state index in [4.69, 9.17) is 4.42 Å². The van der Waals surface area contributed by atoms with Gasteiger partial charge >= 0.3 is 0 Å². The second kappa shape index (κ2) is 6.49. The van der Waals surface area contributed by atoms with Gasteiger partial charge in [0.25, 0.3) is 0 Å². The molecule has 0 radical (unpaired) electrons. The molecule has 1 unspecified atom stereocenters. The van der Waals surface area contributed by atoms with Crippen LogP contribution >= 0.6 is 0 Å². The molecule has 0 bridgehead atoms. The number of nitrogens with one attached hydrogen (secondary N) is 2. The van der Waals surface area contributed by atoms with Gasteiger partial charge in [-0.3, -0.25) is 4.79 Å². The van der Waals surface area contributed by atoms with E-state index in [2.05, 4.69) is 20.8 Å². The zero-order chi connectivity index (χ0) is 14.5. The fourth-order valence-corrected chi connectivity index (χ4v) is 2.51. The minimum Gasteiger partial charge on any atom is -0.423 e. The van der Waals surface area contributed by atoms with E-state index in [1.807, 2.05) is 24.3 Å². The number of aromatic nitrogens is 2. The van der Waals surface area contributed by atoms with Gasteiger partial charge in [0, 0.05) is 11.3 Å². The van der Waals surface area contributed by atoms with Gasteiger partial charge in [-0.15, -0.1) is 10.2 Å². The van der Waals surface area contributed by atoms with Crippen LogP contribution in [0.15, 0.2) is 35.1 Å². The van der Waals surface area contributed by atoms with E-state index in [9.17, 15) is 4.79 Å². The highest BCUT2D eigenvalue weighted by molar-refractivity contribution is 5.95. The number of benzene rings is 1. The van der Waals surface area contributed by atoms with Crippen LogP contribution in [0, 0.1) is 0 Å². The molecule has 6 heteroatoms. The smallest absolute Gasteiger partial charge is 0.247 e. The van der Waals surface area contributed by atoms with Crippen molar-refractivity contribution in [1.82, 2.24) is 15.5 Å². The monoisotopic (exact) mass is 286 g/mol. The number of hydrogen-bond donors (Lipinski definition) is 2. The second-order valence-electron chi connectivity index (χ2n) is 5.17. The molecular formula is C15H18N4O2. The van der Waals surface area contributed by atoms with Gasteiger partial charge < -0.3 is 15.1 Å². The molecule has 2 N–H and O–H groups in total. The highest BCUT2D eigenvalue weighted by atomic mass is 16.4. The fourth-order valence-electron chi connectivity index (χ4n) is 2.51. The molecule has 2 aromatic rings. The maximum atomic E-state index is 12.3. The van der Waals surface area contributed by atoms with Crippen molar-refractivity contribution in [2.45, 2.75) is 31.7 Å². The van der Waals surface area contributed by atoms with Gasteiger partial charge in [0.05, 0.1) is 6.04 Å². The lowest BCUT2D eigenvalue weighted by atomic mass is 10.1. The molecule has 21 heavy (non-hydrogen) atoms. The molecule has 1 aliphatic heterocycles. The van der Waals surface area contributed by atoms with E-state index < -0.39 is 0 Å². The lowest BCUT2D eigenvalue weighted by molar-refractivity contribution is -0.118. The van der Waals surface area contributed by atoms with Gasteiger partial charge in [-0.1, -0.05) is 18.9 Å². The number of nitrogens with zero attached hydrogens (tertiary/aromatic N) is 2. The molecule has 1 aromatic carbocycles. The van der Waals surface area contributed by atoms with Crippen LogP contribution in [-0.4, -0.2) is 28.7 Å². The summed E-state index contributed by atoms with van der Waals surface area (Å²) in [6.45, 7) is 0.903. The summed E-state index contributed by atoms with van der Waals surface area (Å²) in [4.78, 5) is 12.3. The van der Waals surface area contributed by atoms with Crippen molar-refractivity contribution < 1.29 is 9.21 Å². The molecule has 110 valence electrons. The summed E-state index contributed by atoms with van der Waals surface area (Å²) >= 11 is 0. The minimum atomic E-state index is -0.112. The number of amides is 1. The molecule has 6 nitrogen and oxygen atoms in total. The largest absolute Gasteiger partial charge is 0.423 e. The van der Waals surface area contributed by atoms with E-state index in [0.717, 1.165) is 37.1 Å². The van der Waals surface area contributed by atoms with Crippen LogP contribution < -0.4 is 10.6 Å². The van der Waals surface area contributed by atoms with Crippen LogP contribution in [0.4, 0.5) is 5.69 Å². The van der Waals surface area contributed by atoms with E-state index in [1.54, 1.807) is 0 Å². The normalized spacial score (nSPS) is 19.0. The van der Waals surface area contributed by atoms with Crippen LogP contribution in [0.3, 0.4) is 0 Å². The highest BCUT2D eigenvalue weighted by Crippen LogP contribution is 2.20. The lowest BCUT2D eigenvalue weighted by Gasteiger charge is -2.15. The third kappa shape index (κ3) is 3.46. The van der Waals surface area contributed by atoms with E-state index in [0.29, 0.717) is 5.89 Å². The standard InChI is InChI=1S/C15H18N4O2/c20-14(13-7-2-1-3-8-16-13)18-12-6-4-5-11(9-12)15-19-17-10-21-15/h4-6,9-10,13,16H,1-3,7-8H2,(H,18,20). The molecule has 1 fully saturated rings. The van der Waals surface area contributed by atoms with Gasteiger partial charge in [-0.2, -0.15) is 0 Å². The quantitative estimate of drug-likeness (QED) is 0.904. The third-order valence-electron chi connectivity index (χ3n) is 3.61. The second-order valence-corrected chi connectivity index (χ2v) is 5.17. The average Bonchev–Trinajstić information content (AvgIpc) is 2.90. The van der Waals surface area contributed by atoms with Gasteiger partial charge in [0.15, 0.2) is 0 Å². The molecule has 1 aromatic heterocycles. The van der Waals surface area contributed by atoms with Crippen molar-refractivity contribution in [3.8, 4) is 11.5 Å². The van der Waals surface area contributed by atoms with Crippen molar-refractivity contribution in [3.63, 3.8) is 0 Å². The summed E-state index contributed by atoms with van der Waals surface area (Å²) in [5.74, 6) is 0.457. The zero-order valence-corrected chi connectivity index (χ0v) is 11.7. The van der Waals surface area contributed by atoms with Crippen molar-refractivity contribution in [1.29, 1.82) is 0 Å². The van der Waals surface area contributed by atoms with Crippen LogP contribution in [0.5, 0.6) is 0 Å². The molecule has 1 amide bonds. The molecular weight excluding hydrogens is 268 g/mol. The Labute approximate surface area is 123 Å². The minimum absolute atomic E-state index is 0.0135. The van der Waals surface area contributed by atoms with E-state index in [-0.39, 0.29) is 11.9 Å². The van der Waals surface area contributed by atoms with Gasteiger partial charge in [-0.25, -0.2) is 0 Å². The van der Waals surface area contributed by atoms with E-state index in [1.165, 1.54) is 12.8 Å². The lowest BCUT2D eigenvalue weighted by Crippen LogP contribution is -2.39. The van der Waals surface area contributed by atoms with Gasteiger partial charge in [-0.05, 0) is 37.6 Å². The fraction of sp³-hybridized carbons (Fsp3) is 0.400. The molecule has 2 heterocycles. The van der Waals surface area contributed by atoms with Crippen molar-refractivity contribution >= 4 is 11.6 Å². The molecule has 0 aliphatic carbocycles. The first-order valence-electron chi connectivity index (χ1n) is 7.24. The number of rotatable bonds is 3. The topological polar surface area (TPSA) is 80.1 Å². The summed E-state index contributed by atoms with van der Waals surface area (Å²) in [6.07, 6.45) is 5.58. The average molecular weight is 286 g/mol. The van der Waals surface area contributed by atoms with Crippen LogP contribution in [0.1, 0.15) is 25.7 Å². The van der Waals surface area contributed by atoms with Crippen molar-refractivity contribution in [2.24, 2.45) is 0 Å². The predicted molar refractivity (Wildman–Crippen MR) is 78.6 cm³/mol. The molecule has 0 spiro atoms. The first-order chi connectivity index (χ1) is 10.3. The molecule has 1 atom stereocenters. The van der Waals surface area contributed by atoms with Crippen LogP contribution in [-0.2, 0) is 4.79 Å². The Kier molecular flexibility index (Phi) is 4.25. The first-order valence-corrected chi connectivity index (χ1v) is 7.24. The summed E-state index contributed by atoms with van der Waals surface area (Å²) in [6, 6.07) is 7.30. The molecule has 3 rings (SSSR count). The Morgan fingerprint density at radius 2 is 2.29 bits per heavy atom.